The average molecular weight is 126 g/mol. The fourth-order valence-corrected chi connectivity index (χ4v) is 0.556. The van der Waals surface area contributed by atoms with Gasteiger partial charge in [0.1, 0.15) is 0 Å². The molecule has 0 aliphatic heterocycles. The summed E-state index contributed by atoms with van der Waals surface area (Å²) in [5, 5.41) is 3.03. The summed E-state index contributed by atoms with van der Waals surface area (Å²) in [6.45, 7) is 6.50. The maximum Gasteiger partial charge on any atom is 0.0595 e. The van der Waals surface area contributed by atoms with Crippen molar-refractivity contribution in [2.45, 2.75) is 13.0 Å². The number of nitrogens with one attached hydrogen (secondary N) is 1. The van der Waals surface area contributed by atoms with E-state index < -0.39 is 0 Å². The van der Waals surface area contributed by atoms with E-state index in [0.29, 0.717) is 6.04 Å². The molecule has 0 heterocycles. The molecule has 0 aliphatic carbocycles. The van der Waals surface area contributed by atoms with Gasteiger partial charge in [-0.15, -0.1) is 0 Å². The van der Waals surface area contributed by atoms with Crippen molar-refractivity contribution < 1.29 is 0 Å². The molecule has 0 bridgehead atoms. The molecule has 0 rings (SSSR count). The van der Waals surface area contributed by atoms with E-state index in [1.54, 1.807) is 12.3 Å². The predicted octanol–water partition coefficient (Wildman–Crippen LogP) is 0.851. The van der Waals surface area contributed by atoms with E-state index in [4.69, 9.17) is 0 Å². The smallest absolute Gasteiger partial charge is 0.0595 e. The third-order valence-electron chi connectivity index (χ3n) is 0.945. The van der Waals surface area contributed by atoms with Crippen molar-refractivity contribution >= 4 is 6.21 Å². The number of likely N-dealkylation sites (N-methyl/N-ethyl adjacent to an activating group) is 1. The molecule has 0 radical (unpaired) electrons. The van der Waals surface area contributed by atoms with Gasteiger partial charge in [0.15, 0.2) is 0 Å². The third-order valence-corrected chi connectivity index (χ3v) is 0.945. The third kappa shape index (κ3) is 5.24. The highest BCUT2D eigenvalue weighted by Crippen LogP contribution is 1.83. The van der Waals surface area contributed by atoms with Crippen LogP contribution in [0.1, 0.15) is 6.92 Å². The van der Waals surface area contributed by atoms with Gasteiger partial charge in [-0.1, -0.05) is 12.7 Å². The number of hydrogen-bond acceptors (Lipinski definition) is 2. The fraction of sp³-hybridized carbons (Fsp3) is 0.571. The average Bonchev–Trinajstić information content (AvgIpc) is 1.85. The Morgan fingerprint density at radius 2 is 2.44 bits per heavy atom. The zero-order valence-corrected chi connectivity index (χ0v) is 6.09. The molecule has 0 aromatic rings. The van der Waals surface area contributed by atoms with E-state index in [9.17, 15) is 0 Å². The molecule has 0 aliphatic rings. The van der Waals surface area contributed by atoms with Gasteiger partial charge in [-0.25, -0.2) is 0 Å². The van der Waals surface area contributed by atoms with Gasteiger partial charge in [0, 0.05) is 12.8 Å². The predicted molar refractivity (Wildman–Crippen MR) is 42.1 cm³/mol. The van der Waals surface area contributed by atoms with Crippen LogP contribution < -0.4 is 5.32 Å². The Kier molecular flexibility index (Phi) is 5.12. The Morgan fingerprint density at radius 1 is 1.78 bits per heavy atom. The molecular weight excluding hydrogens is 112 g/mol. The van der Waals surface area contributed by atoms with Crippen LogP contribution in [0.3, 0.4) is 0 Å². The lowest BCUT2D eigenvalue weighted by atomic mass is 10.3. The van der Waals surface area contributed by atoms with E-state index in [2.05, 4.69) is 23.8 Å². The molecule has 1 atom stereocenters. The number of allylic oxidation sites excluding steroid dienone is 1. The molecule has 0 saturated carbocycles. The van der Waals surface area contributed by atoms with Crippen LogP contribution in [0, 0.1) is 0 Å². The van der Waals surface area contributed by atoms with Crippen LogP contribution in [0.25, 0.3) is 0 Å². The van der Waals surface area contributed by atoms with Gasteiger partial charge in [0.25, 0.3) is 0 Å². The van der Waals surface area contributed by atoms with Gasteiger partial charge in [-0.2, -0.15) is 0 Å². The minimum Gasteiger partial charge on any atom is -0.318 e. The van der Waals surface area contributed by atoms with Crippen molar-refractivity contribution in [3.05, 3.63) is 12.7 Å². The molecule has 1 N–H and O–H groups in total. The second kappa shape index (κ2) is 5.51. The molecule has 2 heteroatoms. The lowest BCUT2D eigenvalue weighted by molar-refractivity contribution is 0.670. The highest BCUT2D eigenvalue weighted by molar-refractivity contribution is 5.70. The molecule has 52 valence electrons. The van der Waals surface area contributed by atoms with Crippen LogP contribution in [0.15, 0.2) is 17.6 Å². The zero-order valence-electron chi connectivity index (χ0n) is 6.09. The van der Waals surface area contributed by atoms with Crippen LogP contribution in [0.2, 0.25) is 0 Å². The Bertz CT molecular complexity index is 97.1. The minimum atomic E-state index is 0.355. The summed E-state index contributed by atoms with van der Waals surface area (Å²) >= 11 is 0. The first kappa shape index (κ1) is 8.37. The first-order valence-electron chi connectivity index (χ1n) is 3.10. The first-order chi connectivity index (χ1) is 4.31. The Morgan fingerprint density at radius 3 is 2.89 bits per heavy atom. The largest absolute Gasteiger partial charge is 0.318 e. The van der Waals surface area contributed by atoms with Gasteiger partial charge in [0.05, 0.1) is 6.04 Å². The van der Waals surface area contributed by atoms with Gasteiger partial charge < -0.3 is 5.32 Å². The second-order valence-electron chi connectivity index (χ2n) is 1.94. The molecule has 0 saturated heterocycles. The summed E-state index contributed by atoms with van der Waals surface area (Å²) in [7, 11) is 1.92. The van der Waals surface area contributed by atoms with Crippen LogP contribution in [0.4, 0.5) is 0 Å². The molecule has 2 nitrogen and oxygen atoms in total. The summed E-state index contributed by atoms with van der Waals surface area (Å²) in [6, 6.07) is 0.355. The van der Waals surface area contributed by atoms with E-state index in [1.807, 2.05) is 7.05 Å². The van der Waals surface area contributed by atoms with E-state index in [0.717, 1.165) is 6.54 Å². The van der Waals surface area contributed by atoms with Crippen molar-refractivity contribution in [3.63, 3.8) is 0 Å². The first-order valence-corrected chi connectivity index (χ1v) is 3.10. The maximum absolute atomic E-state index is 4.13. The monoisotopic (exact) mass is 126 g/mol. The fourth-order valence-electron chi connectivity index (χ4n) is 0.556. The quantitative estimate of drug-likeness (QED) is 0.555. The van der Waals surface area contributed by atoms with Crippen LogP contribution in [0.5, 0.6) is 0 Å². The van der Waals surface area contributed by atoms with Crippen molar-refractivity contribution in [2.24, 2.45) is 4.99 Å². The Hall–Kier alpha value is -0.630. The number of hydrogen-bond donors (Lipinski definition) is 1. The molecule has 0 amide bonds. The summed E-state index contributed by atoms with van der Waals surface area (Å²) in [6.07, 6.45) is 3.41. The molecule has 9 heavy (non-hydrogen) atoms. The van der Waals surface area contributed by atoms with E-state index >= 15 is 0 Å². The Labute approximate surface area is 56.7 Å². The van der Waals surface area contributed by atoms with Gasteiger partial charge in [0.2, 0.25) is 0 Å². The Balaban J connectivity index is 3.35. The molecule has 0 spiro atoms. The van der Waals surface area contributed by atoms with Gasteiger partial charge in [-0.05, 0) is 14.0 Å². The number of rotatable bonds is 4. The van der Waals surface area contributed by atoms with Crippen molar-refractivity contribution in [1.29, 1.82) is 0 Å². The summed E-state index contributed by atoms with van der Waals surface area (Å²) in [5.74, 6) is 0. The maximum atomic E-state index is 4.13. The van der Waals surface area contributed by atoms with E-state index in [1.165, 1.54) is 0 Å². The summed E-state index contributed by atoms with van der Waals surface area (Å²) in [4.78, 5) is 4.13. The highest BCUT2D eigenvalue weighted by atomic mass is 14.9. The SMILES string of the molecule is C=CC=NC(C)CNC. The van der Waals surface area contributed by atoms with Crippen LogP contribution in [-0.4, -0.2) is 25.8 Å². The molecule has 1 unspecified atom stereocenters. The normalized spacial score (nSPS) is 14.0. The molecule has 0 aromatic heterocycles. The van der Waals surface area contributed by atoms with Crippen molar-refractivity contribution in [3.8, 4) is 0 Å². The van der Waals surface area contributed by atoms with E-state index in [-0.39, 0.29) is 0 Å². The minimum absolute atomic E-state index is 0.355. The molecule has 0 fully saturated rings. The summed E-state index contributed by atoms with van der Waals surface area (Å²) < 4.78 is 0. The van der Waals surface area contributed by atoms with Gasteiger partial charge >= 0.3 is 0 Å². The van der Waals surface area contributed by atoms with Gasteiger partial charge in [-0.3, -0.25) is 4.99 Å². The standard InChI is InChI=1S/C7H14N2/c1-4-5-9-7(2)6-8-3/h4-5,7-8H,1,6H2,2-3H3. The lowest BCUT2D eigenvalue weighted by Gasteiger charge is -2.01. The summed E-state index contributed by atoms with van der Waals surface area (Å²) in [5.41, 5.74) is 0. The molecular formula is C7H14N2. The van der Waals surface area contributed by atoms with Crippen LogP contribution >= 0.6 is 0 Å². The topological polar surface area (TPSA) is 24.4 Å². The number of aliphatic imine (C=N–C) groups is 1. The van der Waals surface area contributed by atoms with Crippen molar-refractivity contribution in [1.82, 2.24) is 5.32 Å². The lowest BCUT2D eigenvalue weighted by Crippen LogP contribution is -2.18. The second-order valence-corrected chi connectivity index (χ2v) is 1.94. The zero-order chi connectivity index (χ0) is 7.11. The molecule has 0 aromatic carbocycles. The van der Waals surface area contributed by atoms with Crippen molar-refractivity contribution in [2.75, 3.05) is 13.6 Å². The highest BCUT2D eigenvalue weighted by Gasteiger charge is 1.90. The number of nitrogens with zero attached hydrogens (tertiary/aromatic N) is 1. The van der Waals surface area contributed by atoms with Crippen LogP contribution in [-0.2, 0) is 0 Å².